The van der Waals surface area contributed by atoms with Crippen molar-refractivity contribution in [1.82, 2.24) is 10.2 Å². The van der Waals surface area contributed by atoms with E-state index in [2.05, 4.69) is 10.2 Å². The van der Waals surface area contributed by atoms with Crippen LogP contribution in [0.4, 0.5) is 0 Å². The van der Waals surface area contributed by atoms with E-state index in [0.29, 0.717) is 6.61 Å². The van der Waals surface area contributed by atoms with Crippen molar-refractivity contribution >= 4 is 0 Å². The number of nitrogens with zero attached hydrogens (tertiary/aromatic N) is 1. The summed E-state index contributed by atoms with van der Waals surface area (Å²) in [7, 11) is 0. The van der Waals surface area contributed by atoms with Crippen LogP contribution >= 0.6 is 0 Å². The second kappa shape index (κ2) is 5.83. The van der Waals surface area contributed by atoms with Gasteiger partial charge in [0, 0.05) is 19.2 Å². The molecule has 2 rings (SSSR count). The standard InChI is InChI=1S/C12H24N2O/c15-10-2-9-14-8-1-3-12(14)11-4-6-13-7-5-11/h11-13,15H,1-10H2. The molecule has 2 aliphatic heterocycles. The maximum absolute atomic E-state index is 8.89. The van der Waals surface area contributed by atoms with Crippen LogP contribution in [0.5, 0.6) is 0 Å². The van der Waals surface area contributed by atoms with E-state index < -0.39 is 0 Å². The van der Waals surface area contributed by atoms with Crippen molar-refractivity contribution in [3.8, 4) is 0 Å². The zero-order valence-corrected chi connectivity index (χ0v) is 9.62. The first-order valence-electron chi connectivity index (χ1n) is 6.47. The van der Waals surface area contributed by atoms with Crippen molar-refractivity contribution in [2.45, 2.75) is 38.1 Å². The molecule has 0 radical (unpaired) electrons. The van der Waals surface area contributed by atoms with E-state index in [1.54, 1.807) is 0 Å². The minimum Gasteiger partial charge on any atom is -0.396 e. The minimum absolute atomic E-state index is 0.343. The third-order valence-corrected chi connectivity index (χ3v) is 3.95. The van der Waals surface area contributed by atoms with Gasteiger partial charge in [0.05, 0.1) is 0 Å². The fraction of sp³-hybridized carbons (Fsp3) is 1.00. The molecule has 2 heterocycles. The van der Waals surface area contributed by atoms with Crippen LogP contribution in [0.3, 0.4) is 0 Å². The molecule has 2 N–H and O–H groups in total. The number of nitrogens with one attached hydrogen (secondary N) is 1. The van der Waals surface area contributed by atoms with Crippen molar-refractivity contribution < 1.29 is 5.11 Å². The Balaban J connectivity index is 1.82. The third-order valence-electron chi connectivity index (χ3n) is 3.95. The van der Waals surface area contributed by atoms with E-state index in [0.717, 1.165) is 24.9 Å². The first-order valence-corrected chi connectivity index (χ1v) is 6.47. The molecule has 0 spiro atoms. The second-order valence-corrected chi connectivity index (χ2v) is 4.91. The lowest BCUT2D eigenvalue weighted by Crippen LogP contribution is -2.41. The van der Waals surface area contributed by atoms with Crippen LogP contribution in [0.2, 0.25) is 0 Å². The average Bonchev–Trinajstić information content (AvgIpc) is 2.75. The Bertz CT molecular complexity index is 180. The average molecular weight is 212 g/mol. The zero-order chi connectivity index (χ0) is 10.5. The van der Waals surface area contributed by atoms with Gasteiger partial charge in [0.2, 0.25) is 0 Å². The van der Waals surface area contributed by atoms with Crippen molar-refractivity contribution in [2.24, 2.45) is 5.92 Å². The Morgan fingerprint density at radius 3 is 2.73 bits per heavy atom. The summed E-state index contributed by atoms with van der Waals surface area (Å²) in [6.45, 7) is 5.11. The van der Waals surface area contributed by atoms with Crippen molar-refractivity contribution in [3.05, 3.63) is 0 Å². The summed E-state index contributed by atoms with van der Waals surface area (Å²) in [6.07, 6.45) is 6.39. The van der Waals surface area contributed by atoms with Gasteiger partial charge in [-0.1, -0.05) is 0 Å². The van der Waals surface area contributed by atoms with Crippen LogP contribution in [0.15, 0.2) is 0 Å². The Labute approximate surface area is 92.8 Å². The highest BCUT2D eigenvalue weighted by Crippen LogP contribution is 2.29. The molecule has 0 aromatic heterocycles. The van der Waals surface area contributed by atoms with Crippen LogP contribution < -0.4 is 5.32 Å². The van der Waals surface area contributed by atoms with Crippen molar-refractivity contribution in [2.75, 3.05) is 32.8 Å². The van der Waals surface area contributed by atoms with Crippen LogP contribution in [-0.2, 0) is 0 Å². The highest BCUT2D eigenvalue weighted by atomic mass is 16.3. The predicted octanol–water partition coefficient (Wildman–Crippen LogP) is 0.833. The highest BCUT2D eigenvalue weighted by Gasteiger charge is 2.31. The monoisotopic (exact) mass is 212 g/mol. The van der Waals surface area contributed by atoms with Gasteiger partial charge in [0.25, 0.3) is 0 Å². The molecule has 3 nitrogen and oxygen atoms in total. The summed E-state index contributed by atoms with van der Waals surface area (Å²) in [5.41, 5.74) is 0. The molecule has 0 bridgehead atoms. The van der Waals surface area contributed by atoms with E-state index in [9.17, 15) is 0 Å². The van der Waals surface area contributed by atoms with Crippen molar-refractivity contribution in [3.63, 3.8) is 0 Å². The normalized spacial score (nSPS) is 29.8. The summed E-state index contributed by atoms with van der Waals surface area (Å²) in [5.74, 6) is 0.910. The molecule has 0 aromatic rings. The lowest BCUT2D eigenvalue weighted by molar-refractivity contribution is 0.150. The van der Waals surface area contributed by atoms with Gasteiger partial charge in [-0.25, -0.2) is 0 Å². The van der Waals surface area contributed by atoms with Crippen LogP contribution in [0.1, 0.15) is 32.1 Å². The smallest absolute Gasteiger partial charge is 0.0443 e. The van der Waals surface area contributed by atoms with Crippen LogP contribution in [-0.4, -0.2) is 48.8 Å². The van der Waals surface area contributed by atoms with Gasteiger partial charge in [-0.3, -0.25) is 0 Å². The molecule has 15 heavy (non-hydrogen) atoms. The molecule has 2 saturated heterocycles. The van der Waals surface area contributed by atoms with Gasteiger partial charge in [-0.05, 0) is 57.7 Å². The predicted molar refractivity (Wildman–Crippen MR) is 61.9 cm³/mol. The fourth-order valence-corrected chi connectivity index (χ4v) is 3.17. The third kappa shape index (κ3) is 2.92. The number of hydrogen-bond donors (Lipinski definition) is 2. The maximum atomic E-state index is 8.89. The highest BCUT2D eigenvalue weighted by molar-refractivity contribution is 4.87. The second-order valence-electron chi connectivity index (χ2n) is 4.91. The van der Waals surface area contributed by atoms with Crippen LogP contribution in [0, 0.1) is 5.92 Å². The van der Waals surface area contributed by atoms with E-state index in [4.69, 9.17) is 5.11 Å². The van der Waals surface area contributed by atoms with Gasteiger partial charge in [-0.15, -0.1) is 0 Å². The molecule has 1 atom stereocenters. The Hall–Kier alpha value is -0.120. The Morgan fingerprint density at radius 1 is 1.20 bits per heavy atom. The Morgan fingerprint density at radius 2 is 2.00 bits per heavy atom. The number of aliphatic hydroxyl groups excluding tert-OH is 1. The van der Waals surface area contributed by atoms with Gasteiger partial charge >= 0.3 is 0 Å². The molecule has 2 aliphatic rings. The van der Waals surface area contributed by atoms with E-state index >= 15 is 0 Å². The topological polar surface area (TPSA) is 35.5 Å². The molecule has 3 heteroatoms. The summed E-state index contributed by atoms with van der Waals surface area (Å²) < 4.78 is 0. The first-order chi connectivity index (χ1) is 7.42. The number of piperidine rings is 1. The first kappa shape index (κ1) is 11.4. The molecule has 2 fully saturated rings. The van der Waals surface area contributed by atoms with Crippen molar-refractivity contribution in [1.29, 1.82) is 0 Å². The largest absolute Gasteiger partial charge is 0.396 e. The number of hydrogen-bond acceptors (Lipinski definition) is 3. The zero-order valence-electron chi connectivity index (χ0n) is 9.62. The van der Waals surface area contributed by atoms with E-state index in [1.165, 1.54) is 45.3 Å². The van der Waals surface area contributed by atoms with Crippen LogP contribution in [0.25, 0.3) is 0 Å². The fourth-order valence-electron chi connectivity index (χ4n) is 3.17. The molecular formula is C12H24N2O. The van der Waals surface area contributed by atoms with Gasteiger partial charge in [-0.2, -0.15) is 0 Å². The van der Waals surface area contributed by atoms with Gasteiger partial charge in [0.1, 0.15) is 0 Å². The molecular weight excluding hydrogens is 188 g/mol. The molecule has 88 valence electrons. The molecule has 0 aliphatic carbocycles. The number of aliphatic hydroxyl groups is 1. The quantitative estimate of drug-likeness (QED) is 0.724. The summed E-state index contributed by atoms with van der Waals surface area (Å²) in [5, 5.41) is 12.3. The maximum Gasteiger partial charge on any atom is 0.0443 e. The lowest BCUT2D eigenvalue weighted by Gasteiger charge is -2.34. The summed E-state index contributed by atoms with van der Waals surface area (Å²) in [6, 6.07) is 0.818. The molecule has 1 unspecified atom stereocenters. The minimum atomic E-state index is 0.343. The summed E-state index contributed by atoms with van der Waals surface area (Å²) >= 11 is 0. The molecule has 0 saturated carbocycles. The van der Waals surface area contributed by atoms with Gasteiger partial charge < -0.3 is 15.3 Å². The molecule has 0 aromatic carbocycles. The lowest BCUT2D eigenvalue weighted by atomic mass is 9.88. The number of likely N-dealkylation sites (tertiary alicyclic amines) is 1. The van der Waals surface area contributed by atoms with E-state index in [-0.39, 0.29) is 0 Å². The Kier molecular flexibility index (Phi) is 4.42. The van der Waals surface area contributed by atoms with Gasteiger partial charge in [0.15, 0.2) is 0 Å². The SMILES string of the molecule is OCCCN1CCCC1C1CCNCC1. The number of rotatable bonds is 4. The molecule has 0 amide bonds. The summed E-state index contributed by atoms with van der Waals surface area (Å²) in [4.78, 5) is 2.62. The van der Waals surface area contributed by atoms with E-state index in [1.807, 2.05) is 0 Å².